The summed E-state index contributed by atoms with van der Waals surface area (Å²) in [5, 5.41) is 4.04. The van der Waals surface area contributed by atoms with Crippen LogP contribution in [-0.4, -0.2) is 32.7 Å². The third-order valence-corrected chi connectivity index (χ3v) is 3.43. The quantitative estimate of drug-likeness (QED) is 0.840. The standard InChI is InChI=1S/C12H20N4O/c1-9-4-3-5-10(2)16(9)12(17)8-15-7-11(13)6-14-15/h6-7,9-10H,3-5,8,13H2,1-2H3/t9-,10+. The predicted molar refractivity (Wildman–Crippen MR) is 66.3 cm³/mol. The van der Waals surface area contributed by atoms with Crippen LogP contribution in [0.2, 0.25) is 0 Å². The van der Waals surface area contributed by atoms with Gasteiger partial charge in [0.25, 0.3) is 0 Å². The Morgan fingerprint density at radius 2 is 2.12 bits per heavy atom. The second kappa shape index (κ2) is 4.77. The maximum Gasteiger partial charge on any atom is 0.244 e. The highest BCUT2D eigenvalue weighted by molar-refractivity contribution is 5.76. The summed E-state index contributed by atoms with van der Waals surface area (Å²) in [6.45, 7) is 4.52. The minimum Gasteiger partial charge on any atom is -0.396 e. The summed E-state index contributed by atoms with van der Waals surface area (Å²) in [4.78, 5) is 14.2. The number of nitrogens with zero attached hydrogens (tertiary/aromatic N) is 3. The summed E-state index contributed by atoms with van der Waals surface area (Å²) in [6, 6.07) is 0.665. The highest BCUT2D eigenvalue weighted by atomic mass is 16.2. The second-order valence-electron chi connectivity index (χ2n) is 4.90. The molecule has 0 radical (unpaired) electrons. The number of carbonyl (C=O) groups is 1. The number of anilines is 1. The number of piperidine rings is 1. The third kappa shape index (κ3) is 2.60. The number of nitrogen functional groups attached to an aromatic ring is 1. The van der Waals surface area contributed by atoms with Gasteiger partial charge in [-0.2, -0.15) is 5.10 Å². The number of aromatic nitrogens is 2. The molecular formula is C12H20N4O. The largest absolute Gasteiger partial charge is 0.396 e. The Bertz CT molecular complexity index is 391. The summed E-state index contributed by atoms with van der Waals surface area (Å²) in [6.07, 6.45) is 6.66. The van der Waals surface area contributed by atoms with Crippen molar-refractivity contribution < 1.29 is 4.79 Å². The number of rotatable bonds is 2. The van der Waals surface area contributed by atoms with Crippen molar-refractivity contribution in [1.82, 2.24) is 14.7 Å². The number of carbonyl (C=O) groups excluding carboxylic acids is 1. The van der Waals surface area contributed by atoms with Gasteiger partial charge in [0.1, 0.15) is 6.54 Å². The molecule has 0 aromatic carbocycles. The van der Waals surface area contributed by atoms with Crippen LogP contribution in [0.3, 0.4) is 0 Å². The molecule has 94 valence electrons. The predicted octanol–water partition coefficient (Wildman–Crippen LogP) is 1.25. The summed E-state index contributed by atoms with van der Waals surface area (Å²) in [5.74, 6) is 0.132. The Morgan fingerprint density at radius 1 is 1.47 bits per heavy atom. The normalized spacial score (nSPS) is 24.9. The zero-order valence-electron chi connectivity index (χ0n) is 10.5. The molecule has 1 saturated heterocycles. The fraction of sp³-hybridized carbons (Fsp3) is 0.667. The summed E-state index contributed by atoms with van der Waals surface area (Å²) in [5.41, 5.74) is 6.17. The molecule has 0 spiro atoms. The van der Waals surface area contributed by atoms with Gasteiger partial charge in [0.2, 0.25) is 5.91 Å². The fourth-order valence-electron chi connectivity index (χ4n) is 2.60. The van der Waals surface area contributed by atoms with Crippen molar-refractivity contribution in [3.8, 4) is 0 Å². The van der Waals surface area contributed by atoms with E-state index in [1.807, 2.05) is 4.90 Å². The van der Waals surface area contributed by atoms with Gasteiger partial charge >= 0.3 is 0 Å². The summed E-state index contributed by atoms with van der Waals surface area (Å²) >= 11 is 0. The SMILES string of the molecule is C[C@@H]1CCC[C@H](C)N1C(=O)Cn1cc(N)cn1. The molecule has 0 unspecified atom stereocenters. The van der Waals surface area contributed by atoms with E-state index in [1.165, 1.54) is 6.42 Å². The number of hydrogen-bond donors (Lipinski definition) is 1. The van der Waals surface area contributed by atoms with Crippen LogP contribution in [0.15, 0.2) is 12.4 Å². The monoisotopic (exact) mass is 236 g/mol. The third-order valence-electron chi connectivity index (χ3n) is 3.43. The topological polar surface area (TPSA) is 64.2 Å². The molecule has 2 N–H and O–H groups in total. The van der Waals surface area contributed by atoms with Gasteiger partial charge in [0.05, 0.1) is 11.9 Å². The van der Waals surface area contributed by atoms with Crippen molar-refractivity contribution in [2.75, 3.05) is 5.73 Å². The van der Waals surface area contributed by atoms with Crippen LogP contribution in [0, 0.1) is 0 Å². The molecule has 2 rings (SSSR count). The van der Waals surface area contributed by atoms with Crippen LogP contribution in [0.25, 0.3) is 0 Å². The minimum atomic E-state index is 0.132. The molecule has 2 heterocycles. The van der Waals surface area contributed by atoms with Gasteiger partial charge in [0.15, 0.2) is 0 Å². The fourth-order valence-corrected chi connectivity index (χ4v) is 2.60. The van der Waals surface area contributed by atoms with Crippen molar-refractivity contribution >= 4 is 11.6 Å². The molecule has 1 aromatic rings. The van der Waals surface area contributed by atoms with Crippen molar-refractivity contribution in [3.63, 3.8) is 0 Å². The Hall–Kier alpha value is -1.52. The molecule has 5 nitrogen and oxygen atoms in total. The maximum atomic E-state index is 12.2. The van der Waals surface area contributed by atoms with Crippen molar-refractivity contribution in [3.05, 3.63) is 12.4 Å². The maximum absolute atomic E-state index is 12.2. The molecule has 2 atom stereocenters. The van der Waals surface area contributed by atoms with Crippen molar-refractivity contribution in [1.29, 1.82) is 0 Å². The Morgan fingerprint density at radius 3 is 2.65 bits per heavy atom. The summed E-state index contributed by atoms with van der Waals surface area (Å²) < 4.78 is 1.60. The zero-order chi connectivity index (χ0) is 12.4. The van der Waals surface area contributed by atoms with E-state index in [0.717, 1.165) is 12.8 Å². The lowest BCUT2D eigenvalue weighted by Gasteiger charge is -2.39. The molecule has 1 aliphatic heterocycles. The lowest BCUT2D eigenvalue weighted by atomic mass is 9.97. The average Bonchev–Trinajstić information content (AvgIpc) is 2.63. The Kier molecular flexibility index (Phi) is 3.36. The van der Waals surface area contributed by atoms with Gasteiger partial charge in [-0.3, -0.25) is 9.48 Å². The minimum absolute atomic E-state index is 0.132. The lowest BCUT2D eigenvalue weighted by Crippen LogP contribution is -2.48. The molecule has 1 amide bonds. The number of amides is 1. The van der Waals surface area contributed by atoms with Crippen LogP contribution in [-0.2, 0) is 11.3 Å². The molecule has 5 heteroatoms. The molecule has 1 aromatic heterocycles. The van der Waals surface area contributed by atoms with Gasteiger partial charge in [-0.15, -0.1) is 0 Å². The molecule has 0 aliphatic carbocycles. The van der Waals surface area contributed by atoms with E-state index in [4.69, 9.17) is 5.73 Å². The van der Waals surface area contributed by atoms with E-state index in [2.05, 4.69) is 18.9 Å². The molecule has 0 bridgehead atoms. The van der Waals surface area contributed by atoms with E-state index in [1.54, 1.807) is 17.1 Å². The first-order chi connectivity index (χ1) is 8.08. The van der Waals surface area contributed by atoms with E-state index >= 15 is 0 Å². The van der Waals surface area contributed by atoms with Gasteiger partial charge in [-0.25, -0.2) is 0 Å². The first-order valence-corrected chi connectivity index (χ1v) is 6.17. The van der Waals surface area contributed by atoms with Gasteiger partial charge in [0, 0.05) is 18.3 Å². The lowest BCUT2D eigenvalue weighted by molar-refractivity contribution is -0.138. The first-order valence-electron chi connectivity index (χ1n) is 6.17. The van der Waals surface area contributed by atoms with Gasteiger partial charge in [-0.1, -0.05) is 0 Å². The Balaban J connectivity index is 2.03. The van der Waals surface area contributed by atoms with Gasteiger partial charge in [-0.05, 0) is 33.1 Å². The van der Waals surface area contributed by atoms with Crippen LogP contribution < -0.4 is 5.73 Å². The Labute approximate surface area is 102 Å². The second-order valence-corrected chi connectivity index (χ2v) is 4.90. The molecule has 1 aliphatic rings. The van der Waals surface area contributed by atoms with Crippen LogP contribution in [0.4, 0.5) is 5.69 Å². The molecular weight excluding hydrogens is 216 g/mol. The van der Waals surface area contributed by atoms with Crippen LogP contribution in [0.5, 0.6) is 0 Å². The number of hydrogen-bond acceptors (Lipinski definition) is 3. The van der Waals surface area contributed by atoms with E-state index in [0.29, 0.717) is 17.8 Å². The van der Waals surface area contributed by atoms with Gasteiger partial charge < -0.3 is 10.6 Å². The molecule has 17 heavy (non-hydrogen) atoms. The van der Waals surface area contributed by atoms with Crippen LogP contribution >= 0.6 is 0 Å². The molecule has 0 saturated carbocycles. The average molecular weight is 236 g/mol. The highest BCUT2D eigenvalue weighted by Crippen LogP contribution is 2.22. The summed E-state index contributed by atoms with van der Waals surface area (Å²) in [7, 11) is 0. The van der Waals surface area contributed by atoms with Crippen molar-refractivity contribution in [2.45, 2.75) is 51.7 Å². The zero-order valence-corrected chi connectivity index (χ0v) is 10.5. The van der Waals surface area contributed by atoms with E-state index in [9.17, 15) is 4.79 Å². The highest BCUT2D eigenvalue weighted by Gasteiger charge is 2.28. The number of nitrogens with two attached hydrogens (primary N) is 1. The first kappa shape index (κ1) is 12.0. The van der Waals surface area contributed by atoms with E-state index < -0.39 is 0 Å². The van der Waals surface area contributed by atoms with E-state index in [-0.39, 0.29) is 12.5 Å². The smallest absolute Gasteiger partial charge is 0.244 e. The molecule has 1 fully saturated rings. The number of likely N-dealkylation sites (tertiary alicyclic amines) is 1. The van der Waals surface area contributed by atoms with Crippen LogP contribution in [0.1, 0.15) is 33.1 Å². The van der Waals surface area contributed by atoms with Crippen molar-refractivity contribution in [2.24, 2.45) is 0 Å².